The van der Waals surface area contributed by atoms with Crippen LogP contribution in [-0.2, 0) is 27.7 Å². The van der Waals surface area contributed by atoms with E-state index in [0.29, 0.717) is 0 Å². The van der Waals surface area contributed by atoms with E-state index in [1.165, 1.54) is 13.8 Å². The topological polar surface area (TPSA) is 65.2 Å². The second-order valence-corrected chi connectivity index (χ2v) is 5.10. The van der Waals surface area contributed by atoms with Crippen LogP contribution in [0.3, 0.4) is 0 Å². The molecule has 0 spiro atoms. The Morgan fingerprint density at radius 3 is 2.27 bits per heavy atom. The first-order valence-electron chi connectivity index (χ1n) is 6.33. The normalized spacial score (nSPS) is 12.2. The van der Waals surface area contributed by atoms with Crippen molar-refractivity contribution in [2.75, 3.05) is 0 Å². The lowest BCUT2D eigenvalue weighted by molar-refractivity contribution is -0.160. The number of esters is 1. The number of ether oxygens (including phenoxy) is 1. The Morgan fingerprint density at radius 1 is 1.14 bits per heavy atom. The third kappa shape index (κ3) is 3.44. The lowest BCUT2D eigenvalue weighted by atomic mass is 9.94. The van der Waals surface area contributed by atoms with Gasteiger partial charge in [0.1, 0.15) is 12.0 Å². The summed E-state index contributed by atoms with van der Waals surface area (Å²) in [5.41, 5.74) is -0.723. The molecule has 1 aromatic heterocycles. The molecule has 0 unspecified atom stereocenters. The number of carbonyl (C=O) groups is 1. The Labute approximate surface area is 124 Å². The molecule has 0 amide bonds. The molecule has 0 aliphatic rings. The molecular weight excluding hydrogens is 301 g/mol. The smallest absolute Gasteiger partial charge is 0.460 e. The molecule has 0 N–H and O–H groups in total. The van der Waals surface area contributed by atoms with Gasteiger partial charge in [0.2, 0.25) is 5.89 Å². The van der Waals surface area contributed by atoms with Gasteiger partial charge in [-0.15, -0.1) is 10.2 Å². The van der Waals surface area contributed by atoms with Crippen molar-refractivity contribution in [1.82, 2.24) is 10.2 Å². The molecule has 0 saturated heterocycles. The molecule has 2 aromatic rings. The van der Waals surface area contributed by atoms with Crippen molar-refractivity contribution in [3.63, 3.8) is 0 Å². The highest BCUT2D eigenvalue weighted by molar-refractivity contribution is 5.80. The number of nitrogens with zero attached hydrogens (tertiary/aromatic N) is 2. The molecule has 2 rings (SSSR count). The minimum atomic E-state index is -4.75. The maximum Gasteiger partial charge on any atom is 0.470 e. The van der Waals surface area contributed by atoms with Crippen molar-refractivity contribution in [1.29, 1.82) is 0 Å². The summed E-state index contributed by atoms with van der Waals surface area (Å²) < 4.78 is 47.0. The molecule has 0 saturated carbocycles. The van der Waals surface area contributed by atoms with E-state index in [4.69, 9.17) is 4.74 Å². The van der Waals surface area contributed by atoms with Crippen molar-refractivity contribution in [3.05, 3.63) is 47.7 Å². The second-order valence-electron chi connectivity index (χ2n) is 5.10. The van der Waals surface area contributed by atoms with Gasteiger partial charge in [-0.3, -0.25) is 4.79 Å². The first-order valence-corrected chi connectivity index (χ1v) is 6.33. The Bertz CT molecular complexity index is 651. The van der Waals surface area contributed by atoms with Crippen LogP contribution < -0.4 is 0 Å². The van der Waals surface area contributed by atoms with Crippen molar-refractivity contribution >= 4 is 5.97 Å². The monoisotopic (exact) mass is 314 g/mol. The third-order valence-corrected chi connectivity index (χ3v) is 2.93. The molecule has 0 bridgehead atoms. The molecule has 0 radical (unpaired) electrons. The lowest BCUT2D eigenvalue weighted by Crippen LogP contribution is -2.31. The summed E-state index contributed by atoms with van der Waals surface area (Å²) >= 11 is 0. The summed E-state index contributed by atoms with van der Waals surface area (Å²) in [5.74, 6) is -2.70. The van der Waals surface area contributed by atoms with Crippen molar-refractivity contribution < 1.29 is 27.1 Å². The van der Waals surface area contributed by atoms with E-state index in [1.54, 1.807) is 24.3 Å². The van der Waals surface area contributed by atoms with Gasteiger partial charge < -0.3 is 9.15 Å². The molecule has 8 heteroatoms. The lowest BCUT2D eigenvalue weighted by Gasteiger charge is -2.18. The highest BCUT2D eigenvalue weighted by atomic mass is 19.4. The number of alkyl halides is 3. The molecule has 118 valence electrons. The Balaban J connectivity index is 2.09. The summed E-state index contributed by atoms with van der Waals surface area (Å²) in [6.45, 7) is 2.71. The average Bonchev–Trinajstić information content (AvgIpc) is 2.96. The van der Waals surface area contributed by atoms with E-state index < -0.39 is 29.3 Å². The zero-order valence-electron chi connectivity index (χ0n) is 11.8. The fourth-order valence-electron chi connectivity index (χ4n) is 1.58. The maximum absolute atomic E-state index is 12.4. The number of aromatic nitrogens is 2. The van der Waals surface area contributed by atoms with Gasteiger partial charge in [0, 0.05) is 0 Å². The van der Waals surface area contributed by atoms with E-state index in [2.05, 4.69) is 14.6 Å². The summed E-state index contributed by atoms with van der Waals surface area (Å²) in [7, 11) is 0. The number of halogens is 3. The summed E-state index contributed by atoms with van der Waals surface area (Å²) in [4.78, 5) is 12.1. The Hall–Kier alpha value is -2.38. The predicted molar refractivity (Wildman–Crippen MR) is 68.6 cm³/mol. The zero-order chi connectivity index (χ0) is 16.4. The number of hydrogen-bond acceptors (Lipinski definition) is 5. The predicted octanol–water partition coefficient (Wildman–Crippen LogP) is 3.11. The van der Waals surface area contributed by atoms with E-state index >= 15 is 0 Å². The highest BCUT2D eigenvalue weighted by Gasteiger charge is 2.43. The number of benzene rings is 1. The van der Waals surface area contributed by atoms with Gasteiger partial charge in [-0.25, -0.2) is 0 Å². The molecule has 1 heterocycles. The van der Waals surface area contributed by atoms with Crippen LogP contribution >= 0.6 is 0 Å². The molecular formula is C14H13F3N2O3. The van der Waals surface area contributed by atoms with Gasteiger partial charge in [-0.05, 0) is 19.4 Å². The Kier molecular flexibility index (Phi) is 4.20. The van der Waals surface area contributed by atoms with Gasteiger partial charge in [0.15, 0.2) is 0 Å². The van der Waals surface area contributed by atoms with Crippen molar-refractivity contribution in [2.45, 2.75) is 32.0 Å². The van der Waals surface area contributed by atoms with Gasteiger partial charge in [0.25, 0.3) is 0 Å². The summed E-state index contributed by atoms with van der Waals surface area (Å²) in [5, 5.41) is 6.20. The summed E-state index contributed by atoms with van der Waals surface area (Å²) in [6, 6.07) is 8.89. The molecule has 0 aliphatic carbocycles. The number of rotatable bonds is 4. The molecule has 22 heavy (non-hydrogen) atoms. The molecule has 0 aliphatic heterocycles. The minimum Gasteiger partial charge on any atom is -0.460 e. The standard InChI is InChI=1S/C14H13F3N2O3/c1-13(2,10-18-19-11(22-10)14(15,16)17)12(20)21-8-9-6-4-3-5-7-9/h3-7H,8H2,1-2H3. The quantitative estimate of drug-likeness (QED) is 0.811. The van der Waals surface area contributed by atoms with E-state index in [0.717, 1.165) is 5.56 Å². The van der Waals surface area contributed by atoms with Crippen LogP contribution in [-0.4, -0.2) is 16.2 Å². The maximum atomic E-state index is 12.4. The van der Waals surface area contributed by atoms with Gasteiger partial charge >= 0.3 is 18.0 Å². The SMILES string of the molecule is CC(C)(C(=O)OCc1ccccc1)c1nnc(C(F)(F)F)o1. The van der Waals surface area contributed by atoms with Crippen LogP contribution in [0.2, 0.25) is 0 Å². The van der Waals surface area contributed by atoms with Crippen LogP contribution in [0.25, 0.3) is 0 Å². The van der Waals surface area contributed by atoms with Crippen LogP contribution in [0.5, 0.6) is 0 Å². The van der Waals surface area contributed by atoms with Gasteiger partial charge in [0.05, 0.1) is 0 Å². The van der Waals surface area contributed by atoms with E-state index in [1.807, 2.05) is 6.07 Å². The first-order chi connectivity index (χ1) is 10.2. The van der Waals surface area contributed by atoms with Crippen LogP contribution in [0.15, 0.2) is 34.7 Å². The van der Waals surface area contributed by atoms with E-state index in [9.17, 15) is 18.0 Å². The average molecular weight is 314 g/mol. The fraction of sp³-hybridized carbons (Fsp3) is 0.357. The minimum absolute atomic E-state index is 0.00334. The van der Waals surface area contributed by atoms with Crippen LogP contribution in [0.1, 0.15) is 31.2 Å². The zero-order valence-corrected chi connectivity index (χ0v) is 11.8. The fourth-order valence-corrected chi connectivity index (χ4v) is 1.58. The summed E-state index contributed by atoms with van der Waals surface area (Å²) in [6.07, 6.45) is -4.75. The molecule has 1 aromatic carbocycles. The number of hydrogen-bond donors (Lipinski definition) is 0. The van der Waals surface area contributed by atoms with Gasteiger partial charge in [-0.1, -0.05) is 30.3 Å². The van der Waals surface area contributed by atoms with Crippen LogP contribution in [0.4, 0.5) is 13.2 Å². The third-order valence-electron chi connectivity index (χ3n) is 2.93. The largest absolute Gasteiger partial charge is 0.470 e. The molecule has 5 nitrogen and oxygen atoms in total. The highest BCUT2D eigenvalue weighted by Crippen LogP contribution is 2.31. The van der Waals surface area contributed by atoms with Crippen LogP contribution in [0, 0.1) is 0 Å². The molecule has 0 fully saturated rings. The van der Waals surface area contributed by atoms with E-state index in [-0.39, 0.29) is 6.61 Å². The first kappa shape index (κ1) is 16.0. The van der Waals surface area contributed by atoms with Crippen molar-refractivity contribution in [2.24, 2.45) is 0 Å². The number of carbonyl (C=O) groups excluding carboxylic acids is 1. The molecule has 0 atom stereocenters. The Morgan fingerprint density at radius 2 is 1.73 bits per heavy atom. The second kappa shape index (κ2) is 5.78. The van der Waals surface area contributed by atoms with Crippen molar-refractivity contribution in [3.8, 4) is 0 Å². The van der Waals surface area contributed by atoms with Gasteiger partial charge in [-0.2, -0.15) is 13.2 Å².